The SMILES string of the molecule is CCCOC(=O)N1CCC(CN2CCC3(CC2)CN(NC(C)=O)c2ccccc23)CC1. The van der Waals surface area contributed by atoms with Crippen LogP contribution >= 0.6 is 0 Å². The summed E-state index contributed by atoms with van der Waals surface area (Å²) in [5.41, 5.74) is 5.66. The van der Waals surface area contributed by atoms with Crippen LogP contribution in [0.25, 0.3) is 0 Å². The molecule has 31 heavy (non-hydrogen) atoms. The molecule has 2 amide bonds. The second-order valence-electron chi connectivity index (χ2n) is 9.40. The first kappa shape index (κ1) is 21.9. The van der Waals surface area contributed by atoms with E-state index < -0.39 is 0 Å². The maximum absolute atomic E-state index is 12.1. The predicted octanol–water partition coefficient (Wildman–Crippen LogP) is 3.15. The number of fused-ring (bicyclic) bond motifs is 2. The molecule has 3 heterocycles. The number of nitrogens with one attached hydrogen (secondary N) is 1. The van der Waals surface area contributed by atoms with Crippen LogP contribution in [-0.4, -0.2) is 67.7 Å². The smallest absolute Gasteiger partial charge is 0.409 e. The van der Waals surface area contributed by atoms with Crippen LogP contribution < -0.4 is 10.4 Å². The van der Waals surface area contributed by atoms with E-state index >= 15 is 0 Å². The van der Waals surface area contributed by atoms with Crippen LogP contribution in [0, 0.1) is 5.92 Å². The van der Waals surface area contributed by atoms with Crippen LogP contribution in [0.15, 0.2) is 24.3 Å². The van der Waals surface area contributed by atoms with Gasteiger partial charge in [0.1, 0.15) is 0 Å². The van der Waals surface area contributed by atoms with E-state index in [1.165, 1.54) is 5.56 Å². The number of rotatable bonds is 5. The van der Waals surface area contributed by atoms with Crippen molar-refractivity contribution in [2.45, 2.75) is 51.4 Å². The number of para-hydroxylation sites is 1. The number of benzene rings is 1. The van der Waals surface area contributed by atoms with Crippen molar-refractivity contribution in [2.24, 2.45) is 5.92 Å². The van der Waals surface area contributed by atoms with Crippen molar-refractivity contribution >= 4 is 17.7 Å². The van der Waals surface area contributed by atoms with Crippen LogP contribution in [0.3, 0.4) is 0 Å². The Morgan fingerprint density at radius 3 is 2.52 bits per heavy atom. The molecule has 1 spiro atoms. The molecule has 1 aromatic carbocycles. The fraction of sp³-hybridized carbons (Fsp3) is 0.667. The first-order chi connectivity index (χ1) is 15.0. The highest BCUT2D eigenvalue weighted by atomic mass is 16.6. The Kier molecular flexibility index (Phi) is 6.70. The molecule has 0 saturated carbocycles. The molecule has 7 heteroatoms. The lowest BCUT2D eigenvalue weighted by Gasteiger charge is -2.42. The quantitative estimate of drug-likeness (QED) is 0.781. The molecule has 0 bridgehead atoms. The molecule has 1 aromatic rings. The monoisotopic (exact) mass is 428 g/mol. The van der Waals surface area contributed by atoms with Crippen LogP contribution in [0.2, 0.25) is 0 Å². The third kappa shape index (κ3) is 4.81. The molecule has 7 nitrogen and oxygen atoms in total. The second-order valence-corrected chi connectivity index (χ2v) is 9.40. The van der Waals surface area contributed by atoms with Crippen LogP contribution in [0.1, 0.15) is 51.5 Å². The molecule has 0 aliphatic carbocycles. The number of likely N-dealkylation sites (tertiary alicyclic amines) is 2. The average molecular weight is 429 g/mol. The van der Waals surface area contributed by atoms with Crippen molar-refractivity contribution in [3.63, 3.8) is 0 Å². The van der Waals surface area contributed by atoms with Gasteiger partial charge in [-0.3, -0.25) is 15.2 Å². The maximum Gasteiger partial charge on any atom is 0.409 e. The van der Waals surface area contributed by atoms with E-state index in [1.54, 1.807) is 6.92 Å². The molecular formula is C24H36N4O3. The molecule has 0 aromatic heterocycles. The van der Waals surface area contributed by atoms with Gasteiger partial charge >= 0.3 is 6.09 Å². The largest absolute Gasteiger partial charge is 0.449 e. The summed E-state index contributed by atoms with van der Waals surface area (Å²) in [5, 5.41) is 2.04. The summed E-state index contributed by atoms with van der Waals surface area (Å²) in [6.45, 7) is 9.87. The molecule has 4 rings (SSSR count). The highest BCUT2D eigenvalue weighted by Gasteiger charge is 2.45. The number of hydrogen-bond acceptors (Lipinski definition) is 5. The molecule has 1 N–H and O–H groups in total. The first-order valence-electron chi connectivity index (χ1n) is 11.8. The Labute approximate surface area is 185 Å². The Morgan fingerprint density at radius 1 is 1.13 bits per heavy atom. The molecule has 170 valence electrons. The lowest BCUT2D eigenvalue weighted by molar-refractivity contribution is -0.119. The topological polar surface area (TPSA) is 65.1 Å². The van der Waals surface area contributed by atoms with Crippen molar-refractivity contribution in [1.82, 2.24) is 15.2 Å². The van der Waals surface area contributed by atoms with Crippen molar-refractivity contribution in [3.05, 3.63) is 29.8 Å². The molecule has 0 atom stereocenters. The summed E-state index contributed by atoms with van der Waals surface area (Å²) in [5.74, 6) is 0.630. The van der Waals surface area contributed by atoms with Crippen LogP contribution in [-0.2, 0) is 14.9 Å². The van der Waals surface area contributed by atoms with Gasteiger partial charge in [-0.25, -0.2) is 4.79 Å². The van der Waals surface area contributed by atoms with E-state index in [0.717, 1.165) is 77.1 Å². The van der Waals surface area contributed by atoms with E-state index in [1.807, 2.05) is 22.9 Å². The van der Waals surface area contributed by atoms with Gasteiger partial charge in [0.25, 0.3) is 0 Å². The minimum absolute atomic E-state index is 0.0193. The second kappa shape index (κ2) is 9.47. The lowest BCUT2D eigenvalue weighted by atomic mass is 9.74. The van der Waals surface area contributed by atoms with Gasteiger partial charge in [0.2, 0.25) is 5.91 Å². The normalized spacial score (nSPS) is 21.2. The number of nitrogens with zero attached hydrogens (tertiary/aromatic N) is 3. The number of anilines is 1. The van der Waals surface area contributed by atoms with Gasteiger partial charge in [-0.2, -0.15) is 0 Å². The van der Waals surface area contributed by atoms with Crippen LogP contribution in [0.4, 0.5) is 10.5 Å². The molecule has 3 aliphatic rings. The maximum atomic E-state index is 12.1. The van der Waals surface area contributed by atoms with Crippen molar-refractivity contribution in [3.8, 4) is 0 Å². The van der Waals surface area contributed by atoms with Gasteiger partial charge in [-0.05, 0) is 62.7 Å². The summed E-state index contributed by atoms with van der Waals surface area (Å²) in [6, 6.07) is 8.52. The van der Waals surface area contributed by atoms with Crippen molar-refractivity contribution in [1.29, 1.82) is 0 Å². The number of carbonyl (C=O) groups excluding carboxylic acids is 2. The molecule has 2 saturated heterocycles. The predicted molar refractivity (Wildman–Crippen MR) is 121 cm³/mol. The van der Waals surface area contributed by atoms with Gasteiger partial charge in [0, 0.05) is 38.5 Å². The average Bonchev–Trinajstić information content (AvgIpc) is 3.07. The fourth-order valence-corrected chi connectivity index (χ4v) is 5.46. The van der Waals surface area contributed by atoms with E-state index in [2.05, 4.69) is 28.5 Å². The standard InChI is InChI=1S/C24H36N4O3/c1-3-16-31-23(30)27-12-8-20(9-13-27)17-26-14-10-24(11-15-26)18-28(25-19(2)29)22-7-5-4-6-21(22)24/h4-7,20H,3,8-18H2,1-2H3,(H,25,29). The van der Waals surface area contributed by atoms with Gasteiger partial charge in [-0.15, -0.1) is 0 Å². The van der Waals surface area contributed by atoms with Crippen molar-refractivity contribution < 1.29 is 14.3 Å². The zero-order valence-corrected chi connectivity index (χ0v) is 18.9. The van der Waals surface area contributed by atoms with E-state index in [4.69, 9.17) is 4.74 Å². The number of piperidine rings is 2. The highest BCUT2D eigenvalue weighted by Crippen LogP contribution is 2.46. The van der Waals surface area contributed by atoms with E-state index in [-0.39, 0.29) is 17.4 Å². The zero-order valence-electron chi connectivity index (χ0n) is 18.9. The van der Waals surface area contributed by atoms with Crippen molar-refractivity contribution in [2.75, 3.05) is 50.9 Å². The zero-order chi connectivity index (χ0) is 21.8. The minimum Gasteiger partial charge on any atom is -0.449 e. The number of amides is 2. The number of hydrazine groups is 1. The van der Waals surface area contributed by atoms with Gasteiger partial charge in [-0.1, -0.05) is 25.1 Å². The summed E-state index contributed by atoms with van der Waals surface area (Å²) in [6.07, 6.45) is 5.06. The van der Waals surface area contributed by atoms with E-state index in [9.17, 15) is 9.59 Å². The fourth-order valence-electron chi connectivity index (χ4n) is 5.46. The number of carbonyl (C=O) groups is 2. The third-order valence-electron chi connectivity index (χ3n) is 7.15. The number of hydrogen-bond donors (Lipinski definition) is 1. The Hall–Kier alpha value is -2.28. The molecular weight excluding hydrogens is 392 g/mol. The molecule has 2 fully saturated rings. The van der Waals surface area contributed by atoms with Crippen LogP contribution in [0.5, 0.6) is 0 Å². The molecule has 0 unspecified atom stereocenters. The molecule has 0 radical (unpaired) electrons. The van der Waals surface area contributed by atoms with Gasteiger partial charge in [0.05, 0.1) is 12.3 Å². The third-order valence-corrected chi connectivity index (χ3v) is 7.15. The van der Waals surface area contributed by atoms with Gasteiger partial charge < -0.3 is 14.5 Å². The minimum atomic E-state index is -0.149. The number of ether oxygens (including phenoxy) is 1. The lowest BCUT2D eigenvalue weighted by Crippen LogP contribution is -2.50. The first-order valence-corrected chi connectivity index (χ1v) is 11.8. The Balaban J connectivity index is 1.29. The Bertz CT molecular complexity index is 783. The summed E-state index contributed by atoms with van der Waals surface area (Å²) in [7, 11) is 0. The van der Waals surface area contributed by atoms with E-state index in [0.29, 0.717) is 12.5 Å². The Morgan fingerprint density at radius 2 is 1.84 bits per heavy atom. The highest BCUT2D eigenvalue weighted by molar-refractivity contribution is 5.77. The molecule has 3 aliphatic heterocycles. The summed E-state index contributed by atoms with van der Waals surface area (Å²) >= 11 is 0. The summed E-state index contributed by atoms with van der Waals surface area (Å²) < 4.78 is 5.28. The summed E-state index contributed by atoms with van der Waals surface area (Å²) in [4.78, 5) is 28.2. The van der Waals surface area contributed by atoms with Gasteiger partial charge in [0.15, 0.2) is 0 Å².